The molecule has 1 aromatic rings. The van der Waals surface area contributed by atoms with E-state index in [1.165, 1.54) is 13.1 Å². The highest BCUT2D eigenvalue weighted by molar-refractivity contribution is 8.13. The van der Waals surface area contributed by atoms with Crippen LogP contribution in [0.1, 0.15) is 23.0 Å². The number of hydrogen-bond acceptors (Lipinski definition) is 4. The first kappa shape index (κ1) is 12.1. The first-order valence-electron chi connectivity index (χ1n) is 4.17. The van der Waals surface area contributed by atoms with Gasteiger partial charge >= 0.3 is 5.97 Å². The van der Waals surface area contributed by atoms with Gasteiger partial charge in [-0.05, 0) is 13.8 Å². The van der Waals surface area contributed by atoms with Gasteiger partial charge in [0.05, 0.1) is 6.61 Å². The van der Waals surface area contributed by atoms with Crippen molar-refractivity contribution in [2.24, 2.45) is 0 Å². The lowest BCUT2D eigenvalue weighted by atomic mass is 10.3. The van der Waals surface area contributed by atoms with Crippen LogP contribution in [-0.4, -0.2) is 26.0 Å². The summed E-state index contributed by atoms with van der Waals surface area (Å²) in [5, 5.41) is 0. The summed E-state index contributed by atoms with van der Waals surface area (Å²) in [5.74, 6) is -0.596. The summed E-state index contributed by atoms with van der Waals surface area (Å²) in [4.78, 5) is 13.7. The third-order valence-corrected chi connectivity index (χ3v) is 3.28. The van der Waals surface area contributed by atoms with Crippen molar-refractivity contribution in [3.8, 4) is 0 Å². The van der Waals surface area contributed by atoms with Crippen LogP contribution in [0.25, 0.3) is 0 Å². The smallest absolute Gasteiger partial charge is 0.355 e. The second-order valence-corrected chi connectivity index (χ2v) is 5.35. The molecule has 1 aromatic heterocycles. The number of ether oxygens (including phenoxy) is 1. The van der Waals surface area contributed by atoms with Gasteiger partial charge in [-0.25, -0.2) is 13.2 Å². The van der Waals surface area contributed by atoms with E-state index in [0.29, 0.717) is 0 Å². The predicted octanol–water partition coefficient (Wildman–Crippen LogP) is 1.43. The second-order valence-electron chi connectivity index (χ2n) is 2.81. The van der Waals surface area contributed by atoms with Crippen LogP contribution in [0.4, 0.5) is 0 Å². The molecule has 0 aliphatic heterocycles. The number of aromatic amines is 1. The molecule has 0 aromatic carbocycles. The lowest BCUT2D eigenvalue weighted by Gasteiger charge is -2.00. The number of esters is 1. The molecule has 0 aliphatic rings. The van der Waals surface area contributed by atoms with E-state index in [1.807, 2.05) is 0 Å². The maximum Gasteiger partial charge on any atom is 0.355 e. The highest BCUT2D eigenvalue weighted by atomic mass is 35.7. The molecule has 0 fully saturated rings. The molecule has 1 heterocycles. The fourth-order valence-corrected chi connectivity index (χ4v) is 2.29. The summed E-state index contributed by atoms with van der Waals surface area (Å²) in [7, 11) is 1.33. The van der Waals surface area contributed by atoms with Gasteiger partial charge in [-0.15, -0.1) is 0 Å². The molecule has 0 saturated carbocycles. The Bertz CT molecular complexity index is 477. The molecule has 0 spiro atoms. The summed E-state index contributed by atoms with van der Waals surface area (Å²) >= 11 is 0. The molecular weight excluding hydrogens is 242 g/mol. The number of carbonyl (C=O) groups is 1. The Labute approximate surface area is 91.8 Å². The average Bonchev–Trinajstić information content (AvgIpc) is 2.46. The van der Waals surface area contributed by atoms with Crippen LogP contribution in [0.2, 0.25) is 0 Å². The van der Waals surface area contributed by atoms with Gasteiger partial charge in [0.15, 0.2) is 0 Å². The second kappa shape index (κ2) is 4.24. The first-order valence-corrected chi connectivity index (χ1v) is 6.48. The quantitative estimate of drug-likeness (QED) is 0.651. The molecule has 7 heteroatoms. The van der Waals surface area contributed by atoms with Crippen molar-refractivity contribution < 1.29 is 17.9 Å². The average molecular weight is 252 g/mol. The molecule has 5 nitrogen and oxygen atoms in total. The van der Waals surface area contributed by atoms with E-state index in [9.17, 15) is 13.2 Å². The molecule has 84 valence electrons. The minimum atomic E-state index is -3.83. The van der Waals surface area contributed by atoms with Crippen LogP contribution in [0.5, 0.6) is 0 Å². The van der Waals surface area contributed by atoms with E-state index in [2.05, 4.69) is 4.98 Å². The first-order chi connectivity index (χ1) is 6.88. The van der Waals surface area contributed by atoms with Crippen molar-refractivity contribution in [1.82, 2.24) is 4.98 Å². The van der Waals surface area contributed by atoms with E-state index in [0.717, 1.165) is 0 Å². The Balaban J connectivity index is 3.16. The van der Waals surface area contributed by atoms with Crippen molar-refractivity contribution >= 4 is 25.7 Å². The summed E-state index contributed by atoms with van der Waals surface area (Å²) in [6.45, 7) is 3.37. The predicted molar refractivity (Wildman–Crippen MR) is 54.5 cm³/mol. The van der Waals surface area contributed by atoms with Gasteiger partial charge in [-0.2, -0.15) is 0 Å². The highest BCUT2D eigenvalue weighted by Gasteiger charge is 2.21. The minimum Gasteiger partial charge on any atom is -0.461 e. The highest BCUT2D eigenvalue weighted by Crippen LogP contribution is 2.22. The van der Waals surface area contributed by atoms with Crippen molar-refractivity contribution in [3.63, 3.8) is 0 Å². The molecule has 1 rings (SSSR count). The number of H-pyrrole nitrogens is 1. The molecule has 0 amide bonds. The van der Waals surface area contributed by atoms with Gasteiger partial charge in [0.25, 0.3) is 9.05 Å². The van der Waals surface area contributed by atoms with E-state index >= 15 is 0 Å². The fraction of sp³-hybridized carbons (Fsp3) is 0.375. The lowest BCUT2D eigenvalue weighted by molar-refractivity contribution is 0.0519. The van der Waals surface area contributed by atoms with Crippen LogP contribution in [0.3, 0.4) is 0 Å². The monoisotopic (exact) mass is 251 g/mol. The fourth-order valence-electron chi connectivity index (χ4n) is 1.15. The van der Waals surface area contributed by atoms with Gasteiger partial charge in [0.1, 0.15) is 10.6 Å². The van der Waals surface area contributed by atoms with Crippen LogP contribution in [0, 0.1) is 6.92 Å². The van der Waals surface area contributed by atoms with Crippen molar-refractivity contribution in [2.75, 3.05) is 6.61 Å². The van der Waals surface area contributed by atoms with E-state index in [4.69, 9.17) is 15.4 Å². The molecule has 0 saturated heterocycles. The molecule has 15 heavy (non-hydrogen) atoms. The summed E-state index contributed by atoms with van der Waals surface area (Å²) < 4.78 is 26.8. The van der Waals surface area contributed by atoms with Crippen LogP contribution >= 0.6 is 10.7 Å². The Hall–Kier alpha value is -1.01. The molecule has 0 atom stereocenters. The number of carbonyl (C=O) groups excluding carboxylic acids is 1. The summed E-state index contributed by atoms with van der Waals surface area (Å²) in [6.07, 6.45) is 1.17. The number of rotatable bonds is 3. The molecular formula is C8H10ClNO4S. The van der Waals surface area contributed by atoms with Gasteiger partial charge in [-0.1, -0.05) is 0 Å². The van der Waals surface area contributed by atoms with Gasteiger partial charge in [-0.3, -0.25) is 0 Å². The third kappa shape index (κ3) is 2.51. The third-order valence-electron chi connectivity index (χ3n) is 1.83. The van der Waals surface area contributed by atoms with Crippen molar-refractivity contribution in [3.05, 3.63) is 17.5 Å². The Morgan fingerprint density at radius 3 is 2.60 bits per heavy atom. The maximum absolute atomic E-state index is 11.3. The summed E-state index contributed by atoms with van der Waals surface area (Å²) in [5.41, 5.74) is 0.375. The zero-order valence-corrected chi connectivity index (χ0v) is 9.78. The van der Waals surface area contributed by atoms with Gasteiger partial charge < -0.3 is 9.72 Å². The molecule has 0 radical (unpaired) electrons. The van der Waals surface area contributed by atoms with Crippen LogP contribution < -0.4 is 0 Å². The van der Waals surface area contributed by atoms with Crippen molar-refractivity contribution in [1.29, 1.82) is 0 Å². The lowest BCUT2D eigenvalue weighted by Crippen LogP contribution is -2.06. The topological polar surface area (TPSA) is 76.2 Å². The SMILES string of the molecule is CCOC(=O)c1[nH]cc(S(=O)(=O)Cl)c1C. The standard InChI is InChI=1S/C8H10ClNO4S/c1-3-14-8(11)7-5(2)6(4-10-7)15(9,12)13/h4,10H,3H2,1-2H3. The van der Waals surface area contributed by atoms with Gasteiger partial charge in [0.2, 0.25) is 0 Å². The molecule has 0 aliphatic carbocycles. The summed E-state index contributed by atoms with van der Waals surface area (Å²) in [6, 6.07) is 0. The van der Waals surface area contributed by atoms with Crippen molar-refractivity contribution in [2.45, 2.75) is 18.7 Å². The Morgan fingerprint density at radius 2 is 2.20 bits per heavy atom. The van der Waals surface area contributed by atoms with Crippen LogP contribution in [0.15, 0.2) is 11.1 Å². The number of nitrogens with one attached hydrogen (secondary N) is 1. The van der Waals surface area contributed by atoms with E-state index < -0.39 is 15.0 Å². The van der Waals surface area contributed by atoms with E-state index in [-0.39, 0.29) is 22.8 Å². The van der Waals surface area contributed by atoms with Gasteiger partial charge in [0, 0.05) is 22.4 Å². The minimum absolute atomic E-state index is 0.104. The Kier molecular flexibility index (Phi) is 3.41. The normalized spacial score (nSPS) is 11.4. The zero-order chi connectivity index (χ0) is 11.6. The zero-order valence-electron chi connectivity index (χ0n) is 8.20. The Morgan fingerprint density at radius 1 is 1.60 bits per heavy atom. The molecule has 0 unspecified atom stereocenters. The maximum atomic E-state index is 11.3. The van der Waals surface area contributed by atoms with Crippen LogP contribution in [-0.2, 0) is 13.8 Å². The molecule has 1 N–H and O–H groups in total. The largest absolute Gasteiger partial charge is 0.461 e. The number of halogens is 1. The number of aromatic nitrogens is 1. The van der Waals surface area contributed by atoms with E-state index in [1.54, 1.807) is 6.92 Å². The molecule has 0 bridgehead atoms. The number of hydrogen-bond donors (Lipinski definition) is 1.